The van der Waals surface area contributed by atoms with E-state index >= 15 is 0 Å². The van der Waals surface area contributed by atoms with Crippen LogP contribution in [0.15, 0.2) is 24.3 Å². The average Bonchev–Trinajstić information content (AvgIpc) is 3.04. The van der Waals surface area contributed by atoms with Crippen LogP contribution in [0.5, 0.6) is 5.75 Å². The van der Waals surface area contributed by atoms with Crippen LogP contribution in [0.3, 0.4) is 0 Å². The van der Waals surface area contributed by atoms with E-state index in [2.05, 4.69) is 0 Å². The lowest BCUT2D eigenvalue weighted by Gasteiger charge is -2.23. The van der Waals surface area contributed by atoms with Crippen LogP contribution in [0.25, 0.3) is 0 Å². The summed E-state index contributed by atoms with van der Waals surface area (Å²) < 4.78 is 5.23. The molecule has 5 heteroatoms. The zero-order valence-corrected chi connectivity index (χ0v) is 12.0. The minimum absolute atomic E-state index is 0.0775. The highest BCUT2D eigenvalue weighted by Gasteiger charge is 2.55. The summed E-state index contributed by atoms with van der Waals surface area (Å²) in [6.07, 6.45) is 2.50. The summed E-state index contributed by atoms with van der Waals surface area (Å²) in [7, 11) is 1.53. The molecular weight excluding hydrogens is 270 g/mol. The average molecular weight is 289 g/mol. The minimum atomic E-state index is -0.764. The van der Waals surface area contributed by atoms with Crippen molar-refractivity contribution >= 4 is 11.9 Å². The van der Waals surface area contributed by atoms with E-state index in [-0.39, 0.29) is 11.8 Å². The molecule has 1 saturated heterocycles. The Kier molecular flexibility index (Phi) is 3.35. The van der Waals surface area contributed by atoms with Gasteiger partial charge in [0.1, 0.15) is 5.75 Å². The number of amides is 1. The quantitative estimate of drug-likeness (QED) is 0.924. The number of hydrogen-bond acceptors (Lipinski definition) is 3. The van der Waals surface area contributed by atoms with E-state index in [1.165, 1.54) is 7.11 Å². The second-order valence-corrected chi connectivity index (χ2v) is 5.94. The maximum atomic E-state index is 12.7. The number of carboxylic acid groups (broad SMARTS) is 1. The molecule has 0 aromatic heterocycles. The summed E-state index contributed by atoms with van der Waals surface area (Å²) >= 11 is 0. The fourth-order valence-electron chi connectivity index (χ4n) is 3.79. The first-order valence-corrected chi connectivity index (χ1v) is 7.24. The van der Waals surface area contributed by atoms with Crippen molar-refractivity contribution in [1.82, 2.24) is 4.90 Å². The highest BCUT2D eigenvalue weighted by molar-refractivity contribution is 5.97. The van der Waals surface area contributed by atoms with Gasteiger partial charge in [0.15, 0.2) is 0 Å². The summed E-state index contributed by atoms with van der Waals surface area (Å²) in [4.78, 5) is 26.0. The van der Waals surface area contributed by atoms with E-state index in [4.69, 9.17) is 4.74 Å². The fraction of sp³-hybridized carbons (Fsp3) is 0.500. The fourth-order valence-corrected chi connectivity index (χ4v) is 3.79. The standard InChI is InChI=1S/C16H19NO4/c1-21-13-7-3-2-6-12(13)14(18)17-9-11-5-4-8-16(11,10-17)15(19)20/h2-3,6-7,11H,4-5,8-10H2,1H3,(H,19,20)/t11-,16+/m0/s1. The summed E-state index contributed by atoms with van der Waals surface area (Å²) in [6.45, 7) is 0.840. The number of ether oxygens (including phenoxy) is 1. The molecule has 1 aliphatic heterocycles. The molecule has 2 aliphatic rings. The maximum Gasteiger partial charge on any atom is 0.311 e. The van der Waals surface area contributed by atoms with Gasteiger partial charge in [0.2, 0.25) is 0 Å². The molecule has 0 bridgehead atoms. The zero-order chi connectivity index (χ0) is 15.0. The minimum Gasteiger partial charge on any atom is -0.496 e. The Labute approximate surface area is 123 Å². The van der Waals surface area contributed by atoms with E-state index in [1.54, 1.807) is 23.1 Å². The smallest absolute Gasteiger partial charge is 0.311 e. The summed E-state index contributed by atoms with van der Waals surface area (Å²) in [6, 6.07) is 7.08. The van der Waals surface area contributed by atoms with Crippen molar-refractivity contribution in [3.8, 4) is 5.75 Å². The van der Waals surface area contributed by atoms with Gasteiger partial charge in [-0.15, -0.1) is 0 Å². The number of likely N-dealkylation sites (tertiary alicyclic amines) is 1. The van der Waals surface area contributed by atoms with E-state index < -0.39 is 11.4 Å². The predicted molar refractivity (Wildman–Crippen MR) is 76.3 cm³/mol. The largest absolute Gasteiger partial charge is 0.496 e. The molecule has 1 N–H and O–H groups in total. The van der Waals surface area contributed by atoms with Crippen molar-refractivity contribution in [2.75, 3.05) is 20.2 Å². The molecule has 0 radical (unpaired) electrons. The zero-order valence-electron chi connectivity index (χ0n) is 12.0. The molecule has 1 aromatic rings. The molecule has 1 aromatic carbocycles. The Morgan fingerprint density at radius 1 is 1.38 bits per heavy atom. The van der Waals surface area contributed by atoms with Gasteiger partial charge in [0.05, 0.1) is 18.1 Å². The number of nitrogens with zero attached hydrogens (tertiary/aromatic N) is 1. The number of para-hydroxylation sites is 1. The lowest BCUT2D eigenvalue weighted by Crippen LogP contribution is -2.37. The summed E-state index contributed by atoms with van der Waals surface area (Å²) in [5.41, 5.74) is -0.238. The van der Waals surface area contributed by atoms with Crippen molar-refractivity contribution in [3.05, 3.63) is 29.8 Å². The van der Waals surface area contributed by atoms with Crippen LogP contribution in [-0.4, -0.2) is 42.1 Å². The van der Waals surface area contributed by atoms with Crippen LogP contribution in [0, 0.1) is 11.3 Å². The molecule has 2 atom stereocenters. The Hall–Kier alpha value is -2.04. The molecule has 1 saturated carbocycles. The van der Waals surface area contributed by atoms with Crippen LogP contribution in [0.1, 0.15) is 29.6 Å². The maximum absolute atomic E-state index is 12.7. The first kappa shape index (κ1) is 13.9. The number of fused-ring (bicyclic) bond motifs is 1. The van der Waals surface area contributed by atoms with Crippen LogP contribution in [-0.2, 0) is 4.79 Å². The Morgan fingerprint density at radius 3 is 2.81 bits per heavy atom. The van der Waals surface area contributed by atoms with Crippen LogP contribution >= 0.6 is 0 Å². The van der Waals surface area contributed by atoms with Crippen LogP contribution in [0.4, 0.5) is 0 Å². The van der Waals surface area contributed by atoms with Crippen LogP contribution < -0.4 is 4.74 Å². The molecule has 1 amide bonds. The van der Waals surface area contributed by atoms with Crippen molar-refractivity contribution in [1.29, 1.82) is 0 Å². The summed E-state index contributed by atoms with van der Waals surface area (Å²) in [5.74, 6) is -0.291. The van der Waals surface area contributed by atoms with Gasteiger partial charge in [0, 0.05) is 13.1 Å². The topological polar surface area (TPSA) is 66.8 Å². The molecule has 5 nitrogen and oxygen atoms in total. The number of aliphatic carboxylic acids is 1. The third-order valence-corrected chi connectivity index (χ3v) is 4.92. The van der Waals surface area contributed by atoms with Gasteiger partial charge in [-0.05, 0) is 30.9 Å². The van der Waals surface area contributed by atoms with Gasteiger partial charge in [-0.2, -0.15) is 0 Å². The van der Waals surface area contributed by atoms with Crippen molar-refractivity contribution in [2.24, 2.45) is 11.3 Å². The normalized spacial score (nSPS) is 27.5. The molecule has 1 heterocycles. The highest BCUT2D eigenvalue weighted by Crippen LogP contribution is 2.49. The van der Waals surface area contributed by atoms with E-state index in [9.17, 15) is 14.7 Å². The van der Waals surface area contributed by atoms with Gasteiger partial charge in [-0.25, -0.2) is 0 Å². The molecular formula is C16H19NO4. The molecule has 1 aliphatic carbocycles. The number of carboxylic acids is 1. The van der Waals surface area contributed by atoms with Crippen molar-refractivity contribution in [3.63, 3.8) is 0 Å². The van der Waals surface area contributed by atoms with E-state index in [0.717, 1.165) is 12.8 Å². The second-order valence-electron chi connectivity index (χ2n) is 5.94. The molecule has 2 fully saturated rings. The number of carbonyl (C=O) groups excluding carboxylic acids is 1. The first-order valence-electron chi connectivity index (χ1n) is 7.24. The molecule has 21 heavy (non-hydrogen) atoms. The van der Waals surface area contributed by atoms with Gasteiger partial charge in [0.25, 0.3) is 5.91 Å². The van der Waals surface area contributed by atoms with Crippen molar-refractivity contribution < 1.29 is 19.4 Å². The van der Waals surface area contributed by atoms with Gasteiger partial charge < -0.3 is 14.7 Å². The molecule has 3 rings (SSSR count). The van der Waals surface area contributed by atoms with Crippen LogP contribution in [0.2, 0.25) is 0 Å². The molecule has 112 valence electrons. The molecule has 0 unspecified atom stereocenters. The van der Waals surface area contributed by atoms with Crippen molar-refractivity contribution in [2.45, 2.75) is 19.3 Å². The number of rotatable bonds is 3. The SMILES string of the molecule is COc1ccccc1C(=O)N1C[C@@H]2CCC[C@@]2(C(=O)O)C1. The van der Waals surface area contributed by atoms with E-state index in [1.807, 2.05) is 6.07 Å². The second kappa shape index (κ2) is 5.06. The van der Waals surface area contributed by atoms with E-state index in [0.29, 0.717) is 30.8 Å². The monoisotopic (exact) mass is 289 g/mol. The number of benzene rings is 1. The number of hydrogen-bond donors (Lipinski definition) is 1. The Morgan fingerprint density at radius 2 is 2.14 bits per heavy atom. The summed E-state index contributed by atoms with van der Waals surface area (Å²) in [5, 5.41) is 9.58. The number of carbonyl (C=O) groups is 2. The molecule has 0 spiro atoms. The predicted octanol–water partition coefficient (Wildman–Crippen LogP) is 2.02. The Balaban J connectivity index is 1.86. The third-order valence-electron chi connectivity index (χ3n) is 4.92. The van der Waals surface area contributed by atoms with Gasteiger partial charge in [-0.1, -0.05) is 18.6 Å². The number of methoxy groups -OCH3 is 1. The Bertz CT molecular complexity index is 585. The lowest BCUT2D eigenvalue weighted by molar-refractivity contribution is -0.149. The lowest BCUT2D eigenvalue weighted by atomic mass is 9.81. The van der Waals surface area contributed by atoms with Gasteiger partial charge in [-0.3, -0.25) is 9.59 Å². The first-order chi connectivity index (χ1) is 10.1. The third kappa shape index (κ3) is 2.07. The highest BCUT2D eigenvalue weighted by atomic mass is 16.5. The van der Waals surface area contributed by atoms with Gasteiger partial charge >= 0.3 is 5.97 Å².